The molecule has 0 radical (unpaired) electrons. The first-order chi connectivity index (χ1) is 13.8. The summed E-state index contributed by atoms with van der Waals surface area (Å²) >= 11 is 0. The summed E-state index contributed by atoms with van der Waals surface area (Å²) in [6.07, 6.45) is 16.7. The Balaban J connectivity index is 1.45. The zero-order valence-corrected chi connectivity index (χ0v) is 16.3. The Bertz CT molecular complexity index is 904. The van der Waals surface area contributed by atoms with Crippen molar-refractivity contribution in [2.24, 2.45) is 5.92 Å². The lowest BCUT2D eigenvalue weighted by Crippen LogP contribution is -2.52. The van der Waals surface area contributed by atoms with Crippen molar-refractivity contribution in [1.29, 1.82) is 0 Å². The number of allylic oxidation sites excluding steroid dienone is 3. The highest BCUT2D eigenvalue weighted by atomic mass is 16.3. The highest BCUT2D eigenvalue weighted by Gasteiger charge is 2.54. The van der Waals surface area contributed by atoms with E-state index in [1.54, 1.807) is 0 Å². The zero-order chi connectivity index (χ0) is 19.0. The van der Waals surface area contributed by atoms with E-state index in [9.17, 15) is 5.11 Å². The van der Waals surface area contributed by atoms with Gasteiger partial charge in [-0.2, -0.15) is 0 Å². The van der Waals surface area contributed by atoms with E-state index in [0.717, 1.165) is 50.6 Å². The van der Waals surface area contributed by atoms with Crippen LogP contribution in [0.25, 0.3) is 0 Å². The normalized spacial score (nSPS) is 28.8. The van der Waals surface area contributed by atoms with Crippen molar-refractivity contribution in [3.8, 4) is 0 Å². The molecule has 3 nitrogen and oxygen atoms in total. The van der Waals surface area contributed by atoms with E-state index in [1.807, 2.05) is 18.5 Å². The fourth-order valence-electron chi connectivity index (χ4n) is 5.52. The summed E-state index contributed by atoms with van der Waals surface area (Å²) in [5.41, 5.74) is 4.36. The monoisotopic (exact) mass is 372 g/mol. The van der Waals surface area contributed by atoms with Crippen LogP contribution in [0.1, 0.15) is 54.8 Å². The SMILES string of the molecule is OC12c3ccccc3C(CC3=CC=CC3)N1CCCC2CCc1cccnc1. The minimum absolute atomic E-state index is 0.253. The number of fused-ring (bicyclic) bond motifs is 3. The van der Waals surface area contributed by atoms with Gasteiger partial charge in [0.05, 0.1) is 0 Å². The van der Waals surface area contributed by atoms with Crippen molar-refractivity contribution in [2.75, 3.05) is 6.54 Å². The molecule has 0 spiro atoms. The first kappa shape index (κ1) is 17.8. The molecule has 3 heterocycles. The number of rotatable bonds is 5. The lowest BCUT2D eigenvalue weighted by molar-refractivity contribution is -0.183. The Labute approximate surface area is 167 Å². The van der Waals surface area contributed by atoms with Crippen LogP contribution in [0.5, 0.6) is 0 Å². The van der Waals surface area contributed by atoms with Gasteiger partial charge in [0, 0.05) is 36.5 Å². The van der Waals surface area contributed by atoms with Gasteiger partial charge in [0.15, 0.2) is 0 Å². The van der Waals surface area contributed by atoms with Gasteiger partial charge >= 0.3 is 0 Å². The summed E-state index contributed by atoms with van der Waals surface area (Å²) in [4.78, 5) is 6.66. The Morgan fingerprint density at radius 3 is 2.93 bits per heavy atom. The number of piperidine rings is 1. The van der Waals surface area contributed by atoms with Gasteiger partial charge < -0.3 is 5.11 Å². The molecule has 5 rings (SSSR count). The van der Waals surface area contributed by atoms with Gasteiger partial charge in [-0.3, -0.25) is 9.88 Å². The molecule has 1 fully saturated rings. The molecule has 3 atom stereocenters. The number of benzene rings is 1. The third-order valence-corrected chi connectivity index (χ3v) is 6.86. The molecule has 2 aliphatic heterocycles. The Morgan fingerprint density at radius 1 is 1.18 bits per heavy atom. The van der Waals surface area contributed by atoms with E-state index >= 15 is 0 Å². The largest absolute Gasteiger partial charge is 0.371 e. The average Bonchev–Trinajstić information content (AvgIpc) is 3.33. The summed E-state index contributed by atoms with van der Waals surface area (Å²) in [7, 11) is 0. The molecule has 3 heteroatoms. The van der Waals surface area contributed by atoms with Gasteiger partial charge in [0.25, 0.3) is 0 Å². The number of pyridine rings is 1. The second-order valence-electron chi connectivity index (χ2n) is 8.42. The van der Waals surface area contributed by atoms with Crippen LogP contribution in [0.4, 0.5) is 0 Å². The van der Waals surface area contributed by atoms with E-state index in [-0.39, 0.29) is 12.0 Å². The van der Waals surface area contributed by atoms with Gasteiger partial charge in [0.1, 0.15) is 5.72 Å². The lowest BCUT2D eigenvalue weighted by Gasteiger charge is -2.47. The van der Waals surface area contributed by atoms with Crippen LogP contribution in [-0.4, -0.2) is 21.5 Å². The molecule has 1 N–H and O–H groups in total. The Hall–Kier alpha value is -2.23. The van der Waals surface area contributed by atoms with Crippen molar-refractivity contribution in [1.82, 2.24) is 9.88 Å². The molecule has 3 unspecified atom stereocenters. The molecule has 3 aliphatic rings. The van der Waals surface area contributed by atoms with Crippen LogP contribution in [-0.2, 0) is 12.1 Å². The maximum absolute atomic E-state index is 12.1. The number of aryl methyl sites for hydroxylation is 1. The fraction of sp³-hybridized carbons (Fsp3) is 0.400. The molecule has 1 saturated heterocycles. The average molecular weight is 373 g/mol. The minimum atomic E-state index is -0.839. The summed E-state index contributed by atoms with van der Waals surface area (Å²) < 4.78 is 0. The smallest absolute Gasteiger partial charge is 0.148 e. The molecule has 144 valence electrons. The minimum Gasteiger partial charge on any atom is -0.371 e. The number of hydrogen-bond acceptors (Lipinski definition) is 3. The summed E-state index contributed by atoms with van der Waals surface area (Å²) in [5.74, 6) is 0.253. The topological polar surface area (TPSA) is 36.4 Å². The molecule has 28 heavy (non-hydrogen) atoms. The lowest BCUT2D eigenvalue weighted by atomic mass is 9.79. The van der Waals surface area contributed by atoms with Crippen molar-refractivity contribution in [2.45, 2.75) is 50.3 Å². The Kier molecular flexibility index (Phi) is 4.65. The molecule has 0 amide bonds. The second kappa shape index (κ2) is 7.31. The number of aliphatic hydroxyl groups is 1. The van der Waals surface area contributed by atoms with Crippen molar-refractivity contribution < 1.29 is 5.11 Å². The van der Waals surface area contributed by atoms with Gasteiger partial charge in [0.2, 0.25) is 0 Å². The van der Waals surface area contributed by atoms with Crippen LogP contribution < -0.4 is 0 Å². The number of hydrogen-bond donors (Lipinski definition) is 1. The summed E-state index contributed by atoms with van der Waals surface area (Å²) in [5, 5.41) is 12.1. The highest BCUT2D eigenvalue weighted by molar-refractivity contribution is 5.42. The van der Waals surface area contributed by atoms with E-state index in [4.69, 9.17) is 0 Å². The molecule has 1 aromatic heterocycles. The molecular formula is C25H28N2O. The van der Waals surface area contributed by atoms with Crippen molar-refractivity contribution in [3.63, 3.8) is 0 Å². The van der Waals surface area contributed by atoms with Crippen LogP contribution >= 0.6 is 0 Å². The van der Waals surface area contributed by atoms with E-state index < -0.39 is 5.72 Å². The van der Waals surface area contributed by atoms with E-state index in [1.165, 1.54) is 16.7 Å². The zero-order valence-electron chi connectivity index (χ0n) is 16.3. The van der Waals surface area contributed by atoms with Crippen LogP contribution in [0.3, 0.4) is 0 Å². The maximum atomic E-state index is 12.1. The van der Waals surface area contributed by atoms with Crippen molar-refractivity contribution in [3.05, 3.63) is 89.3 Å². The molecule has 2 aromatic rings. The van der Waals surface area contributed by atoms with Crippen LogP contribution in [0.15, 0.2) is 72.6 Å². The van der Waals surface area contributed by atoms with E-state index in [2.05, 4.69) is 58.4 Å². The standard InChI is InChI=1S/C25H28N2O/c28-25-21(14-13-20-9-5-15-26-18-20)10-6-16-27(25)24(17-19-7-1-2-8-19)22-11-3-4-12-23(22)25/h1-5,7,9,11-12,15,18,21,24,28H,6,8,10,13-14,16-17H2. The fourth-order valence-corrected chi connectivity index (χ4v) is 5.52. The summed E-state index contributed by atoms with van der Waals surface area (Å²) in [6, 6.07) is 13.0. The molecule has 0 bridgehead atoms. The molecular weight excluding hydrogens is 344 g/mol. The summed E-state index contributed by atoms with van der Waals surface area (Å²) in [6.45, 7) is 0.972. The maximum Gasteiger partial charge on any atom is 0.148 e. The molecule has 1 aliphatic carbocycles. The predicted octanol–water partition coefficient (Wildman–Crippen LogP) is 4.90. The Morgan fingerprint density at radius 2 is 2.11 bits per heavy atom. The number of aromatic nitrogens is 1. The van der Waals surface area contributed by atoms with Crippen molar-refractivity contribution >= 4 is 0 Å². The van der Waals surface area contributed by atoms with Gasteiger partial charge in [-0.25, -0.2) is 0 Å². The predicted molar refractivity (Wildman–Crippen MR) is 112 cm³/mol. The first-order valence-corrected chi connectivity index (χ1v) is 10.6. The van der Waals surface area contributed by atoms with Gasteiger partial charge in [-0.05, 0) is 55.7 Å². The first-order valence-electron chi connectivity index (χ1n) is 10.6. The van der Waals surface area contributed by atoms with Crippen LogP contribution in [0.2, 0.25) is 0 Å². The quantitative estimate of drug-likeness (QED) is 0.811. The third-order valence-electron chi connectivity index (χ3n) is 6.86. The van der Waals surface area contributed by atoms with E-state index in [0.29, 0.717) is 0 Å². The van der Waals surface area contributed by atoms with Gasteiger partial charge in [-0.1, -0.05) is 54.1 Å². The number of nitrogens with zero attached hydrogens (tertiary/aromatic N) is 2. The third kappa shape index (κ3) is 2.94. The molecule has 0 saturated carbocycles. The van der Waals surface area contributed by atoms with Crippen LogP contribution in [0, 0.1) is 5.92 Å². The molecule has 1 aromatic carbocycles. The second-order valence-corrected chi connectivity index (χ2v) is 8.42. The van der Waals surface area contributed by atoms with Gasteiger partial charge in [-0.15, -0.1) is 0 Å². The highest BCUT2D eigenvalue weighted by Crippen LogP contribution is 2.54.